The lowest BCUT2D eigenvalue weighted by atomic mass is 10.2. The predicted octanol–water partition coefficient (Wildman–Crippen LogP) is 1.45. The Kier molecular flexibility index (Phi) is 3.44. The van der Waals surface area contributed by atoms with Gasteiger partial charge in [-0.1, -0.05) is 0 Å². The topological polar surface area (TPSA) is 91.5 Å². The molecule has 0 atom stereocenters. The first-order chi connectivity index (χ1) is 8.63. The highest BCUT2D eigenvalue weighted by atomic mass is 32.2. The van der Waals surface area contributed by atoms with Gasteiger partial charge in [0.05, 0.1) is 6.10 Å². The molecule has 0 aliphatic heterocycles. The number of hydrogen-bond acceptors (Lipinski definition) is 5. The third kappa shape index (κ3) is 4.36. The summed E-state index contributed by atoms with van der Waals surface area (Å²) in [6, 6.07) is 2.90. The van der Waals surface area contributed by atoms with Gasteiger partial charge in [0.25, 0.3) is 10.0 Å². The molecule has 0 unspecified atom stereocenters. The summed E-state index contributed by atoms with van der Waals surface area (Å²) in [7, 11) is -3.89. The predicted molar refractivity (Wildman–Crippen MR) is 69.6 cm³/mol. The summed E-state index contributed by atoms with van der Waals surface area (Å²) in [5.41, 5.74) is -0.485. The fraction of sp³-hybridized carbons (Fsp3) is 0.583. The van der Waals surface area contributed by atoms with Crippen molar-refractivity contribution >= 4 is 10.0 Å². The average molecular weight is 286 g/mol. The highest BCUT2D eigenvalue weighted by Gasteiger charge is 2.25. The van der Waals surface area contributed by atoms with Gasteiger partial charge >= 0.3 is 0 Å². The minimum absolute atomic E-state index is 0.151. The Morgan fingerprint density at radius 3 is 2.42 bits per heavy atom. The molecule has 2 rings (SSSR count). The zero-order valence-electron chi connectivity index (χ0n) is 11.2. The monoisotopic (exact) mass is 286 g/mol. The van der Waals surface area contributed by atoms with E-state index in [1.54, 1.807) is 6.07 Å². The fourth-order valence-electron chi connectivity index (χ4n) is 1.42. The molecule has 0 radical (unpaired) electrons. The Morgan fingerprint density at radius 1 is 1.32 bits per heavy atom. The smallest absolute Gasteiger partial charge is 0.255 e. The van der Waals surface area contributed by atoms with Gasteiger partial charge in [0.2, 0.25) is 5.88 Å². The molecule has 1 fully saturated rings. The number of nitrogens with zero attached hydrogens (tertiary/aromatic N) is 1. The number of sulfonamides is 1. The normalized spacial score (nSPS) is 16.2. The molecule has 1 aliphatic carbocycles. The molecule has 1 aromatic rings. The molecular formula is C12H18N2O4S. The molecule has 1 aliphatic rings. The zero-order valence-corrected chi connectivity index (χ0v) is 12.0. The van der Waals surface area contributed by atoms with Crippen molar-refractivity contribution < 1.29 is 17.9 Å². The number of rotatable bonds is 4. The molecule has 2 N–H and O–H groups in total. The summed E-state index contributed by atoms with van der Waals surface area (Å²) in [5, 5.41) is 4.86. The Balaban J connectivity index is 2.35. The summed E-state index contributed by atoms with van der Waals surface area (Å²) in [6.45, 7) is 5.54. The molecule has 106 valence electrons. The lowest BCUT2D eigenvalue weighted by Gasteiger charge is -2.21. The van der Waals surface area contributed by atoms with Crippen molar-refractivity contribution in [3.05, 3.63) is 12.1 Å². The van der Waals surface area contributed by atoms with Crippen LogP contribution in [-0.4, -0.2) is 25.1 Å². The van der Waals surface area contributed by atoms with Crippen LogP contribution in [0.25, 0.3) is 0 Å². The van der Waals surface area contributed by atoms with Crippen LogP contribution < -0.4 is 14.6 Å². The Labute approximate surface area is 113 Å². The minimum Gasteiger partial charge on any atom is -0.490 e. The van der Waals surface area contributed by atoms with Crippen LogP contribution in [0.1, 0.15) is 33.6 Å². The molecule has 19 heavy (non-hydrogen) atoms. The quantitative estimate of drug-likeness (QED) is 0.904. The van der Waals surface area contributed by atoms with Crippen LogP contribution in [0.3, 0.4) is 0 Å². The second-order valence-electron chi connectivity index (χ2n) is 5.56. The first-order valence-corrected chi connectivity index (χ1v) is 7.59. The highest BCUT2D eigenvalue weighted by molar-refractivity contribution is 7.89. The van der Waals surface area contributed by atoms with E-state index in [2.05, 4.69) is 4.98 Å². The van der Waals surface area contributed by atoms with E-state index in [9.17, 15) is 8.42 Å². The first-order valence-electron chi connectivity index (χ1n) is 6.04. The third-order valence-electron chi connectivity index (χ3n) is 2.28. The largest absolute Gasteiger partial charge is 0.490 e. The van der Waals surface area contributed by atoms with E-state index in [-0.39, 0.29) is 17.0 Å². The number of nitrogens with two attached hydrogens (primary N) is 1. The van der Waals surface area contributed by atoms with E-state index in [1.165, 1.54) is 6.07 Å². The molecule has 0 spiro atoms. The van der Waals surface area contributed by atoms with E-state index in [4.69, 9.17) is 14.6 Å². The van der Waals surface area contributed by atoms with Crippen LogP contribution in [-0.2, 0) is 10.0 Å². The average Bonchev–Trinajstić information content (AvgIpc) is 2.96. The molecule has 0 bridgehead atoms. The summed E-state index contributed by atoms with van der Waals surface area (Å²) < 4.78 is 34.0. The van der Waals surface area contributed by atoms with Crippen molar-refractivity contribution in [2.45, 2.75) is 50.3 Å². The maximum Gasteiger partial charge on any atom is 0.255 e. The van der Waals surface area contributed by atoms with Crippen molar-refractivity contribution in [1.82, 2.24) is 4.98 Å². The van der Waals surface area contributed by atoms with Gasteiger partial charge in [-0.15, -0.1) is 0 Å². The standard InChI is InChI=1S/C12H18N2O4S/c1-12(2,3)18-10-6-9(17-8-4-5-8)7-11(14-10)19(13,15)16/h6-8H,4-5H2,1-3H3,(H2,13,15,16). The van der Waals surface area contributed by atoms with Crippen LogP contribution in [0, 0.1) is 0 Å². The van der Waals surface area contributed by atoms with Crippen LogP contribution in [0.15, 0.2) is 17.2 Å². The zero-order chi connectivity index (χ0) is 14.3. The molecule has 7 heteroatoms. The van der Waals surface area contributed by atoms with Gasteiger partial charge < -0.3 is 9.47 Å². The van der Waals surface area contributed by atoms with Crippen molar-refractivity contribution in [1.29, 1.82) is 0 Å². The molecule has 0 aromatic carbocycles. The van der Waals surface area contributed by atoms with Gasteiger partial charge in [-0.3, -0.25) is 0 Å². The Bertz CT molecular complexity index is 574. The summed E-state index contributed by atoms with van der Waals surface area (Å²) in [5.74, 6) is 0.607. The molecule has 1 aromatic heterocycles. The number of aromatic nitrogens is 1. The molecule has 1 saturated carbocycles. The molecule has 6 nitrogen and oxygen atoms in total. The second-order valence-corrected chi connectivity index (χ2v) is 7.06. The Morgan fingerprint density at radius 2 is 1.95 bits per heavy atom. The minimum atomic E-state index is -3.89. The molecule has 0 saturated heterocycles. The lowest BCUT2D eigenvalue weighted by Crippen LogP contribution is -2.24. The SMILES string of the molecule is CC(C)(C)Oc1cc(OC2CC2)cc(S(N)(=O)=O)n1. The van der Waals surface area contributed by atoms with Crippen LogP contribution in [0.4, 0.5) is 0 Å². The van der Waals surface area contributed by atoms with Crippen molar-refractivity contribution in [3.63, 3.8) is 0 Å². The van der Waals surface area contributed by atoms with Crippen molar-refractivity contribution in [3.8, 4) is 11.6 Å². The van der Waals surface area contributed by atoms with E-state index in [1.807, 2.05) is 20.8 Å². The summed E-state index contributed by atoms with van der Waals surface area (Å²) in [4.78, 5) is 3.90. The van der Waals surface area contributed by atoms with E-state index in [0.29, 0.717) is 5.75 Å². The third-order valence-corrected chi connectivity index (χ3v) is 3.07. The van der Waals surface area contributed by atoms with E-state index < -0.39 is 15.6 Å². The molecule has 1 heterocycles. The fourth-order valence-corrected chi connectivity index (χ4v) is 1.91. The molecular weight excluding hydrogens is 268 g/mol. The van der Waals surface area contributed by atoms with Crippen LogP contribution in [0.2, 0.25) is 0 Å². The lowest BCUT2D eigenvalue weighted by molar-refractivity contribution is 0.122. The number of hydrogen-bond donors (Lipinski definition) is 1. The Hall–Kier alpha value is -1.34. The highest BCUT2D eigenvalue weighted by Crippen LogP contribution is 2.30. The van der Waals surface area contributed by atoms with Gasteiger partial charge in [-0.2, -0.15) is 0 Å². The second kappa shape index (κ2) is 4.64. The van der Waals surface area contributed by atoms with Gasteiger partial charge in [0.15, 0.2) is 5.03 Å². The number of primary sulfonamides is 1. The van der Waals surface area contributed by atoms with Crippen LogP contribution >= 0.6 is 0 Å². The first kappa shape index (κ1) is 14.1. The molecule has 0 amide bonds. The van der Waals surface area contributed by atoms with Gasteiger partial charge in [-0.25, -0.2) is 18.5 Å². The van der Waals surface area contributed by atoms with Crippen molar-refractivity contribution in [2.24, 2.45) is 5.14 Å². The van der Waals surface area contributed by atoms with Crippen molar-refractivity contribution in [2.75, 3.05) is 0 Å². The maximum atomic E-state index is 11.4. The number of ether oxygens (including phenoxy) is 2. The van der Waals surface area contributed by atoms with E-state index >= 15 is 0 Å². The summed E-state index contributed by atoms with van der Waals surface area (Å²) >= 11 is 0. The number of pyridine rings is 1. The van der Waals surface area contributed by atoms with Gasteiger partial charge in [-0.05, 0) is 33.6 Å². The van der Waals surface area contributed by atoms with Crippen LogP contribution in [0.5, 0.6) is 11.6 Å². The van der Waals surface area contributed by atoms with E-state index in [0.717, 1.165) is 12.8 Å². The van der Waals surface area contributed by atoms with Gasteiger partial charge in [0.1, 0.15) is 11.4 Å². The summed E-state index contributed by atoms with van der Waals surface area (Å²) in [6.07, 6.45) is 2.10. The maximum absolute atomic E-state index is 11.4. The van der Waals surface area contributed by atoms with Gasteiger partial charge in [0, 0.05) is 12.1 Å².